The van der Waals surface area contributed by atoms with E-state index in [1.54, 1.807) is 6.92 Å². The standard InChI is InChI=1S/C14H12O4/c1-9-11(10-6-4-3-5-7-10)8-12(14(16)17-2)18-13(9)15/h3-8H,1-2H3. The predicted molar refractivity (Wildman–Crippen MR) is 66.5 cm³/mol. The maximum absolute atomic E-state index is 11.7. The van der Waals surface area contributed by atoms with Gasteiger partial charge < -0.3 is 9.15 Å². The van der Waals surface area contributed by atoms with Crippen LogP contribution >= 0.6 is 0 Å². The highest BCUT2D eigenvalue weighted by Crippen LogP contribution is 2.22. The van der Waals surface area contributed by atoms with Crippen LogP contribution in [0.25, 0.3) is 11.1 Å². The van der Waals surface area contributed by atoms with E-state index < -0.39 is 11.6 Å². The van der Waals surface area contributed by atoms with Crippen LogP contribution < -0.4 is 5.63 Å². The molecule has 92 valence electrons. The molecule has 0 radical (unpaired) electrons. The molecular weight excluding hydrogens is 232 g/mol. The number of carbonyl (C=O) groups is 1. The summed E-state index contributed by atoms with van der Waals surface area (Å²) < 4.78 is 9.44. The van der Waals surface area contributed by atoms with Gasteiger partial charge in [0.25, 0.3) is 0 Å². The van der Waals surface area contributed by atoms with Crippen LogP contribution in [0.15, 0.2) is 45.6 Å². The Labute approximate surface area is 104 Å². The quantitative estimate of drug-likeness (QED) is 0.761. The van der Waals surface area contributed by atoms with Gasteiger partial charge in [-0.05, 0) is 24.1 Å². The average molecular weight is 244 g/mol. The molecule has 2 rings (SSSR count). The van der Waals surface area contributed by atoms with Gasteiger partial charge in [-0.15, -0.1) is 0 Å². The van der Waals surface area contributed by atoms with Crippen LogP contribution in [0.5, 0.6) is 0 Å². The SMILES string of the molecule is COC(=O)c1cc(-c2ccccc2)c(C)c(=O)o1. The van der Waals surface area contributed by atoms with E-state index >= 15 is 0 Å². The van der Waals surface area contributed by atoms with Gasteiger partial charge in [0.05, 0.1) is 7.11 Å². The summed E-state index contributed by atoms with van der Waals surface area (Å²) in [6.07, 6.45) is 0. The molecule has 0 unspecified atom stereocenters. The molecule has 1 aromatic carbocycles. The monoisotopic (exact) mass is 244 g/mol. The molecule has 0 aliphatic carbocycles. The molecule has 4 nitrogen and oxygen atoms in total. The van der Waals surface area contributed by atoms with Crippen molar-refractivity contribution >= 4 is 5.97 Å². The zero-order valence-corrected chi connectivity index (χ0v) is 10.1. The number of methoxy groups -OCH3 is 1. The molecule has 1 heterocycles. The number of esters is 1. The van der Waals surface area contributed by atoms with Crippen LogP contribution in [0.2, 0.25) is 0 Å². The second kappa shape index (κ2) is 4.87. The molecule has 0 atom stereocenters. The van der Waals surface area contributed by atoms with Crippen molar-refractivity contribution in [2.24, 2.45) is 0 Å². The van der Waals surface area contributed by atoms with E-state index in [0.717, 1.165) is 5.56 Å². The number of benzene rings is 1. The molecule has 0 saturated heterocycles. The van der Waals surface area contributed by atoms with Gasteiger partial charge >= 0.3 is 11.6 Å². The Balaban J connectivity index is 2.64. The Morgan fingerprint density at radius 3 is 2.50 bits per heavy atom. The summed E-state index contributed by atoms with van der Waals surface area (Å²) in [5, 5.41) is 0. The molecule has 0 aliphatic rings. The lowest BCUT2D eigenvalue weighted by Gasteiger charge is -2.06. The van der Waals surface area contributed by atoms with E-state index in [9.17, 15) is 9.59 Å². The zero-order valence-electron chi connectivity index (χ0n) is 10.1. The van der Waals surface area contributed by atoms with E-state index in [1.807, 2.05) is 30.3 Å². The lowest BCUT2D eigenvalue weighted by atomic mass is 10.0. The van der Waals surface area contributed by atoms with E-state index in [0.29, 0.717) is 11.1 Å². The summed E-state index contributed by atoms with van der Waals surface area (Å²) in [6, 6.07) is 10.9. The average Bonchev–Trinajstić information content (AvgIpc) is 2.41. The van der Waals surface area contributed by atoms with Crippen LogP contribution in [0.1, 0.15) is 16.1 Å². The molecule has 18 heavy (non-hydrogen) atoms. The number of hydrogen-bond donors (Lipinski definition) is 0. The van der Waals surface area contributed by atoms with Gasteiger partial charge in [-0.25, -0.2) is 9.59 Å². The van der Waals surface area contributed by atoms with E-state index in [2.05, 4.69) is 4.74 Å². The summed E-state index contributed by atoms with van der Waals surface area (Å²) >= 11 is 0. The minimum atomic E-state index is -0.663. The van der Waals surface area contributed by atoms with Crippen molar-refractivity contribution in [2.75, 3.05) is 7.11 Å². The summed E-state index contributed by atoms with van der Waals surface area (Å²) in [4.78, 5) is 23.1. The zero-order chi connectivity index (χ0) is 13.1. The van der Waals surface area contributed by atoms with Crippen molar-refractivity contribution in [3.63, 3.8) is 0 Å². The van der Waals surface area contributed by atoms with Crippen molar-refractivity contribution < 1.29 is 13.9 Å². The largest absolute Gasteiger partial charge is 0.463 e. The Hall–Kier alpha value is -2.36. The smallest absolute Gasteiger partial charge is 0.374 e. The fourth-order valence-corrected chi connectivity index (χ4v) is 1.67. The van der Waals surface area contributed by atoms with E-state index in [-0.39, 0.29) is 5.76 Å². The molecule has 0 saturated carbocycles. The lowest BCUT2D eigenvalue weighted by molar-refractivity contribution is 0.0559. The van der Waals surface area contributed by atoms with Gasteiger partial charge in [-0.1, -0.05) is 30.3 Å². The summed E-state index contributed by atoms with van der Waals surface area (Å²) in [5.74, 6) is -0.753. The second-order valence-electron chi connectivity index (χ2n) is 3.79. The van der Waals surface area contributed by atoms with Crippen LogP contribution in [0, 0.1) is 6.92 Å². The molecule has 0 aliphatic heterocycles. The molecule has 2 aromatic rings. The van der Waals surface area contributed by atoms with Crippen molar-refractivity contribution in [2.45, 2.75) is 6.92 Å². The Morgan fingerprint density at radius 2 is 1.89 bits per heavy atom. The highest BCUT2D eigenvalue weighted by Gasteiger charge is 2.15. The van der Waals surface area contributed by atoms with Crippen LogP contribution in [-0.4, -0.2) is 13.1 Å². The Morgan fingerprint density at radius 1 is 1.22 bits per heavy atom. The lowest BCUT2D eigenvalue weighted by Crippen LogP contribution is -2.11. The maximum atomic E-state index is 11.7. The minimum absolute atomic E-state index is 0.0908. The van der Waals surface area contributed by atoms with E-state index in [4.69, 9.17) is 4.42 Å². The summed E-state index contributed by atoms with van der Waals surface area (Å²) in [6.45, 7) is 1.66. The first-order valence-electron chi connectivity index (χ1n) is 5.42. The second-order valence-corrected chi connectivity index (χ2v) is 3.79. The normalized spacial score (nSPS) is 10.1. The molecule has 0 N–H and O–H groups in total. The van der Waals surface area contributed by atoms with Crippen LogP contribution in [-0.2, 0) is 4.74 Å². The first-order valence-corrected chi connectivity index (χ1v) is 5.42. The van der Waals surface area contributed by atoms with Gasteiger partial charge in [0.2, 0.25) is 5.76 Å². The van der Waals surface area contributed by atoms with Gasteiger partial charge in [-0.2, -0.15) is 0 Å². The third-order valence-electron chi connectivity index (χ3n) is 2.66. The highest BCUT2D eigenvalue weighted by atomic mass is 16.5. The fraction of sp³-hybridized carbons (Fsp3) is 0.143. The molecule has 0 spiro atoms. The molecule has 4 heteroatoms. The van der Waals surface area contributed by atoms with Gasteiger partial charge in [0.15, 0.2) is 0 Å². The third kappa shape index (κ3) is 2.18. The van der Waals surface area contributed by atoms with Crippen molar-refractivity contribution in [1.82, 2.24) is 0 Å². The number of ether oxygens (including phenoxy) is 1. The fourth-order valence-electron chi connectivity index (χ4n) is 1.67. The van der Waals surface area contributed by atoms with Crippen molar-refractivity contribution in [3.8, 4) is 11.1 Å². The maximum Gasteiger partial charge on any atom is 0.374 e. The predicted octanol–water partition coefficient (Wildman–Crippen LogP) is 2.40. The molecule has 0 bridgehead atoms. The Bertz CT molecular complexity index is 626. The van der Waals surface area contributed by atoms with Gasteiger partial charge in [0.1, 0.15) is 0 Å². The minimum Gasteiger partial charge on any atom is -0.463 e. The highest BCUT2D eigenvalue weighted by molar-refractivity contribution is 5.88. The third-order valence-corrected chi connectivity index (χ3v) is 2.66. The Kier molecular flexibility index (Phi) is 3.28. The van der Waals surface area contributed by atoms with Gasteiger partial charge in [-0.3, -0.25) is 0 Å². The van der Waals surface area contributed by atoms with Crippen LogP contribution in [0.3, 0.4) is 0 Å². The summed E-state index contributed by atoms with van der Waals surface area (Å²) in [7, 11) is 1.24. The molecular formula is C14H12O4. The molecule has 0 amide bonds. The van der Waals surface area contributed by atoms with E-state index in [1.165, 1.54) is 13.2 Å². The molecule has 1 aromatic heterocycles. The molecule has 0 fully saturated rings. The van der Waals surface area contributed by atoms with Crippen LogP contribution in [0.4, 0.5) is 0 Å². The van der Waals surface area contributed by atoms with Crippen molar-refractivity contribution in [1.29, 1.82) is 0 Å². The summed E-state index contributed by atoms with van der Waals surface area (Å²) in [5.41, 5.74) is 1.46. The number of rotatable bonds is 2. The topological polar surface area (TPSA) is 56.5 Å². The first-order chi connectivity index (χ1) is 8.63. The van der Waals surface area contributed by atoms with Crippen molar-refractivity contribution in [3.05, 3.63) is 58.1 Å². The van der Waals surface area contributed by atoms with Gasteiger partial charge in [0, 0.05) is 5.56 Å². The first kappa shape index (κ1) is 12.1. The number of carbonyl (C=O) groups excluding carboxylic acids is 1. The number of hydrogen-bond acceptors (Lipinski definition) is 4.